The van der Waals surface area contributed by atoms with Crippen molar-refractivity contribution < 1.29 is 18.3 Å². The predicted octanol–water partition coefficient (Wildman–Crippen LogP) is 3.83. The summed E-state index contributed by atoms with van der Waals surface area (Å²) in [6.07, 6.45) is -0.315. The fourth-order valence-corrected chi connectivity index (χ4v) is 3.39. The number of carbonyl (C=O) groups excluding carboxylic acids is 1. The summed E-state index contributed by atoms with van der Waals surface area (Å²) < 4.78 is 32.3. The highest BCUT2D eigenvalue weighted by Gasteiger charge is 2.21. The molecular formula is C20H20Cl2F2N2O2. The van der Waals surface area contributed by atoms with Gasteiger partial charge < -0.3 is 10.1 Å². The van der Waals surface area contributed by atoms with Crippen LogP contribution in [0.1, 0.15) is 11.1 Å². The molecule has 0 radical (unpaired) electrons. The molecule has 2 aromatic rings. The van der Waals surface area contributed by atoms with Gasteiger partial charge in [-0.2, -0.15) is 0 Å². The lowest BCUT2D eigenvalue weighted by molar-refractivity contribution is -0.121. The van der Waals surface area contributed by atoms with Gasteiger partial charge in [0.2, 0.25) is 5.91 Å². The quantitative estimate of drug-likeness (QED) is 0.759. The van der Waals surface area contributed by atoms with Gasteiger partial charge in [-0.25, -0.2) is 8.78 Å². The molecule has 8 heteroatoms. The summed E-state index contributed by atoms with van der Waals surface area (Å²) in [4.78, 5) is 14.3. The van der Waals surface area contributed by atoms with Crippen LogP contribution in [0.3, 0.4) is 0 Å². The molecule has 1 saturated heterocycles. The van der Waals surface area contributed by atoms with Crippen LogP contribution in [-0.4, -0.2) is 43.2 Å². The molecule has 0 spiro atoms. The molecule has 4 nitrogen and oxygen atoms in total. The highest BCUT2D eigenvalue weighted by atomic mass is 35.5. The third-order valence-electron chi connectivity index (χ3n) is 4.51. The molecule has 3 rings (SSSR count). The maximum atomic E-state index is 13.6. The highest BCUT2D eigenvalue weighted by Crippen LogP contribution is 2.23. The van der Waals surface area contributed by atoms with Crippen LogP contribution >= 0.6 is 23.2 Å². The first-order chi connectivity index (χ1) is 13.4. The van der Waals surface area contributed by atoms with Gasteiger partial charge in [0.1, 0.15) is 11.6 Å². The van der Waals surface area contributed by atoms with Crippen molar-refractivity contribution in [3.05, 3.63) is 69.2 Å². The molecular weight excluding hydrogens is 409 g/mol. The van der Waals surface area contributed by atoms with Crippen molar-refractivity contribution in [1.29, 1.82) is 0 Å². The smallest absolute Gasteiger partial charge is 0.224 e. The Bertz CT molecular complexity index is 851. The van der Waals surface area contributed by atoms with E-state index in [-0.39, 0.29) is 24.0 Å². The minimum Gasteiger partial charge on any atom is -0.374 e. The van der Waals surface area contributed by atoms with Crippen molar-refractivity contribution in [2.75, 3.05) is 26.2 Å². The standard InChI is InChI=1S/C20H20Cl2F2N2O2/c21-17-4-1-13(7-18(17)22)11-26-5-6-28-16(12-26)10-25-20(27)8-14-2-3-15(23)9-19(14)24/h1-4,7,9,16H,5-6,8,10-12H2,(H,25,27). The Morgan fingerprint density at radius 3 is 2.75 bits per heavy atom. The zero-order chi connectivity index (χ0) is 20.1. The van der Waals surface area contributed by atoms with Crippen LogP contribution in [-0.2, 0) is 22.5 Å². The summed E-state index contributed by atoms with van der Waals surface area (Å²) in [7, 11) is 0. The number of hydrogen-bond donors (Lipinski definition) is 1. The summed E-state index contributed by atoms with van der Waals surface area (Å²) in [5.41, 5.74) is 1.20. The maximum Gasteiger partial charge on any atom is 0.224 e. The van der Waals surface area contributed by atoms with E-state index in [1.807, 2.05) is 12.1 Å². The van der Waals surface area contributed by atoms with E-state index in [1.165, 1.54) is 6.07 Å². The Balaban J connectivity index is 1.47. The number of benzene rings is 2. The van der Waals surface area contributed by atoms with Crippen LogP contribution in [0, 0.1) is 11.6 Å². The van der Waals surface area contributed by atoms with Crippen molar-refractivity contribution in [3.63, 3.8) is 0 Å². The number of morpholine rings is 1. The van der Waals surface area contributed by atoms with Crippen LogP contribution in [0.15, 0.2) is 36.4 Å². The molecule has 1 heterocycles. The second-order valence-electron chi connectivity index (χ2n) is 6.69. The van der Waals surface area contributed by atoms with Gasteiger partial charge in [-0.3, -0.25) is 9.69 Å². The first-order valence-electron chi connectivity index (χ1n) is 8.89. The first-order valence-corrected chi connectivity index (χ1v) is 9.65. The Hall–Kier alpha value is -1.73. The van der Waals surface area contributed by atoms with Gasteiger partial charge in [-0.1, -0.05) is 35.3 Å². The van der Waals surface area contributed by atoms with Crippen molar-refractivity contribution in [2.45, 2.75) is 19.1 Å². The second kappa shape index (κ2) is 9.65. The zero-order valence-corrected chi connectivity index (χ0v) is 16.6. The Kier molecular flexibility index (Phi) is 7.24. The largest absolute Gasteiger partial charge is 0.374 e. The summed E-state index contributed by atoms with van der Waals surface area (Å²) in [5, 5.41) is 3.79. The number of nitrogens with zero attached hydrogens (tertiary/aromatic N) is 1. The number of amides is 1. The molecule has 2 aromatic carbocycles. The van der Waals surface area contributed by atoms with Crippen LogP contribution < -0.4 is 5.32 Å². The van der Waals surface area contributed by atoms with Crippen molar-refractivity contribution in [2.24, 2.45) is 0 Å². The number of nitrogens with one attached hydrogen (secondary N) is 1. The van der Waals surface area contributed by atoms with E-state index in [0.717, 1.165) is 24.2 Å². The number of ether oxygens (including phenoxy) is 1. The summed E-state index contributed by atoms with van der Waals surface area (Å²) in [6.45, 7) is 2.98. The van der Waals surface area contributed by atoms with Gasteiger partial charge in [0.05, 0.1) is 29.2 Å². The fourth-order valence-electron chi connectivity index (χ4n) is 3.07. The molecule has 1 atom stereocenters. The van der Waals surface area contributed by atoms with E-state index in [1.54, 1.807) is 6.07 Å². The molecule has 1 fully saturated rings. The molecule has 0 aromatic heterocycles. The van der Waals surface area contributed by atoms with Crippen LogP contribution in [0.25, 0.3) is 0 Å². The average Bonchev–Trinajstić information content (AvgIpc) is 2.66. The van der Waals surface area contributed by atoms with Gasteiger partial charge in [-0.05, 0) is 29.3 Å². The number of carbonyl (C=O) groups is 1. The second-order valence-corrected chi connectivity index (χ2v) is 7.51. The monoisotopic (exact) mass is 428 g/mol. The molecule has 1 unspecified atom stereocenters. The third kappa shape index (κ3) is 5.88. The predicted molar refractivity (Wildman–Crippen MR) is 105 cm³/mol. The van der Waals surface area contributed by atoms with E-state index >= 15 is 0 Å². The fraction of sp³-hybridized carbons (Fsp3) is 0.350. The maximum absolute atomic E-state index is 13.6. The third-order valence-corrected chi connectivity index (χ3v) is 5.25. The topological polar surface area (TPSA) is 41.6 Å². The van der Waals surface area contributed by atoms with E-state index < -0.39 is 11.6 Å². The molecule has 0 aliphatic carbocycles. The zero-order valence-electron chi connectivity index (χ0n) is 15.1. The minimum absolute atomic E-state index is 0.147. The molecule has 1 N–H and O–H groups in total. The molecule has 0 bridgehead atoms. The minimum atomic E-state index is -0.725. The normalized spacial score (nSPS) is 17.5. The van der Waals surface area contributed by atoms with Gasteiger partial charge in [0.15, 0.2) is 0 Å². The molecule has 1 aliphatic rings. The summed E-state index contributed by atoms with van der Waals surface area (Å²) in [5.74, 6) is -1.73. The number of rotatable bonds is 6. The summed E-state index contributed by atoms with van der Waals surface area (Å²) in [6, 6.07) is 8.72. The molecule has 1 amide bonds. The van der Waals surface area contributed by atoms with Crippen molar-refractivity contribution in [3.8, 4) is 0 Å². The van der Waals surface area contributed by atoms with E-state index in [0.29, 0.717) is 36.3 Å². The lowest BCUT2D eigenvalue weighted by Crippen LogP contribution is -2.47. The first kappa shape index (κ1) is 21.0. The van der Waals surface area contributed by atoms with Gasteiger partial charge in [0, 0.05) is 32.2 Å². The Morgan fingerprint density at radius 1 is 1.18 bits per heavy atom. The van der Waals surface area contributed by atoms with Crippen molar-refractivity contribution in [1.82, 2.24) is 10.2 Å². The van der Waals surface area contributed by atoms with Crippen molar-refractivity contribution >= 4 is 29.1 Å². The van der Waals surface area contributed by atoms with Gasteiger partial charge in [-0.15, -0.1) is 0 Å². The summed E-state index contributed by atoms with van der Waals surface area (Å²) >= 11 is 12.0. The molecule has 150 valence electrons. The number of hydrogen-bond acceptors (Lipinski definition) is 3. The Labute approximate surface area is 172 Å². The van der Waals surface area contributed by atoms with Crippen LogP contribution in [0.4, 0.5) is 8.78 Å². The Morgan fingerprint density at radius 2 is 2.00 bits per heavy atom. The lowest BCUT2D eigenvalue weighted by Gasteiger charge is -2.33. The number of halogens is 4. The van der Waals surface area contributed by atoms with E-state index in [4.69, 9.17) is 27.9 Å². The molecule has 28 heavy (non-hydrogen) atoms. The highest BCUT2D eigenvalue weighted by molar-refractivity contribution is 6.42. The molecule has 1 aliphatic heterocycles. The lowest BCUT2D eigenvalue weighted by atomic mass is 10.1. The van der Waals surface area contributed by atoms with Crippen LogP contribution in [0.2, 0.25) is 10.0 Å². The van der Waals surface area contributed by atoms with E-state index in [9.17, 15) is 13.6 Å². The van der Waals surface area contributed by atoms with Crippen LogP contribution in [0.5, 0.6) is 0 Å². The van der Waals surface area contributed by atoms with Gasteiger partial charge in [0.25, 0.3) is 0 Å². The van der Waals surface area contributed by atoms with E-state index in [2.05, 4.69) is 10.2 Å². The van der Waals surface area contributed by atoms with Gasteiger partial charge >= 0.3 is 0 Å². The average molecular weight is 429 g/mol. The molecule has 0 saturated carbocycles. The SMILES string of the molecule is O=C(Cc1ccc(F)cc1F)NCC1CN(Cc2ccc(Cl)c(Cl)c2)CCO1.